The van der Waals surface area contributed by atoms with Gasteiger partial charge in [-0.15, -0.1) is 0 Å². The molecule has 0 saturated carbocycles. The number of non-ortho nitro benzene ring substituents is 1. The van der Waals surface area contributed by atoms with Crippen LogP contribution >= 0.6 is 0 Å². The van der Waals surface area contributed by atoms with E-state index in [1.807, 2.05) is 0 Å². The normalized spacial score (nSPS) is 13.9. The molecule has 0 aliphatic carbocycles. The van der Waals surface area contributed by atoms with E-state index in [2.05, 4.69) is 10.3 Å². The van der Waals surface area contributed by atoms with E-state index < -0.39 is 17.1 Å². The van der Waals surface area contributed by atoms with Crippen LogP contribution in [0.2, 0.25) is 0 Å². The quantitative estimate of drug-likeness (QED) is 0.561. The first-order valence-electron chi connectivity index (χ1n) is 6.04. The highest BCUT2D eigenvalue weighted by Gasteiger charge is 2.20. The first kappa shape index (κ1) is 14.2. The Balaban J connectivity index is 2.41. The summed E-state index contributed by atoms with van der Waals surface area (Å²) in [5.74, 6) is 0. The maximum Gasteiger partial charge on any atom is 0.278 e. The number of nitro groups is 1. The van der Waals surface area contributed by atoms with E-state index in [-0.39, 0.29) is 12.2 Å². The van der Waals surface area contributed by atoms with Crippen molar-refractivity contribution in [3.63, 3.8) is 0 Å². The van der Waals surface area contributed by atoms with Crippen molar-refractivity contribution >= 4 is 22.3 Å². The van der Waals surface area contributed by atoms with Crippen LogP contribution in [0.4, 0.5) is 11.4 Å². The number of aliphatic hydroxyl groups excluding tert-OH is 1. The van der Waals surface area contributed by atoms with Crippen LogP contribution in [0, 0.1) is 10.1 Å². The topological polar surface area (TPSA) is 109 Å². The number of fused-ring (bicyclic) bond motifs is 1. The lowest BCUT2D eigenvalue weighted by Gasteiger charge is -2.21. The third kappa shape index (κ3) is 2.84. The van der Waals surface area contributed by atoms with Gasteiger partial charge in [-0.3, -0.25) is 15.1 Å². The number of hydrogen-bond acceptors (Lipinski definition) is 6. The smallest absolute Gasteiger partial charge is 0.278 e. The molecule has 0 spiro atoms. The van der Waals surface area contributed by atoms with Gasteiger partial charge in [0.15, 0.2) is 0 Å². The second kappa shape index (κ2) is 5.40. The number of nitrogens with one attached hydrogen (secondary N) is 1. The average Bonchev–Trinajstić information content (AvgIpc) is 2.44. The van der Waals surface area contributed by atoms with Crippen molar-refractivity contribution in [2.24, 2.45) is 0 Å². The molecule has 1 atom stereocenters. The predicted octanol–water partition coefficient (Wildman–Crippen LogP) is 1.30. The van der Waals surface area contributed by atoms with E-state index in [4.69, 9.17) is 5.11 Å². The summed E-state index contributed by atoms with van der Waals surface area (Å²) in [6.07, 6.45) is 1.54. The summed E-state index contributed by atoms with van der Waals surface area (Å²) in [5.41, 5.74) is -0.272. The van der Waals surface area contributed by atoms with Crippen molar-refractivity contribution in [3.8, 4) is 0 Å². The average molecular weight is 277 g/mol. The van der Waals surface area contributed by atoms with Crippen LogP contribution < -0.4 is 5.32 Å². The Morgan fingerprint density at radius 1 is 1.45 bits per heavy atom. The van der Waals surface area contributed by atoms with E-state index in [9.17, 15) is 15.2 Å². The molecule has 0 aliphatic rings. The molecule has 0 fully saturated rings. The Kier molecular flexibility index (Phi) is 3.82. The Bertz CT molecular complexity index is 643. The van der Waals surface area contributed by atoms with Crippen LogP contribution in [0.1, 0.15) is 6.92 Å². The first-order valence-corrected chi connectivity index (χ1v) is 6.04. The standard InChI is InChI=1S/C13H15N3O4/c1-13(18,8-17)7-15-10-4-5-11(16(19)20)9-3-2-6-14-12(9)10/h2-6,15,17-18H,7-8H2,1H3. The maximum absolute atomic E-state index is 11.0. The van der Waals surface area contributed by atoms with Gasteiger partial charge < -0.3 is 15.5 Å². The van der Waals surface area contributed by atoms with Crippen LogP contribution in [-0.2, 0) is 0 Å². The molecular weight excluding hydrogens is 262 g/mol. The van der Waals surface area contributed by atoms with Crippen LogP contribution in [0.25, 0.3) is 10.9 Å². The highest BCUT2D eigenvalue weighted by atomic mass is 16.6. The van der Waals surface area contributed by atoms with E-state index in [1.165, 1.54) is 13.0 Å². The summed E-state index contributed by atoms with van der Waals surface area (Å²) in [5, 5.41) is 33.1. The fraction of sp³-hybridized carbons (Fsp3) is 0.308. The second-order valence-electron chi connectivity index (χ2n) is 4.80. The fourth-order valence-corrected chi connectivity index (χ4v) is 1.80. The SMILES string of the molecule is CC(O)(CO)CNc1ccc([N+](=O)[O-])c2cccnc12. The van der Waals surface area contributed by atoms with Crippen molar-refractivity contribution < 1.29 is 15.1 Å². The minimum Gasteiger partial charge on any atom is -0.393 e. The lowest BCUT2D eigenvalue weighted by molar-refractivity contribution is -0.383. The number of rotatable bonds is 5. The first-order chi connectivity index (χ1) is 9.44. The zero-order valence-electron chi connectivity index (χ0n) is 10.9. The van der Waals surface area contributed by atoms with Gasteiger partial charge in [0.1, 0.15) is 11.1 Å². The Labute approximate surface area is 115 Å². The van der Waals surface area contributed by atoms with Gasteiger partial charge in [-0.2, -0.15) is 0 Å². The summed E-state index contributed by atoms with van der Waals surface area (Å²) in [4.78, 5) is 14.7. The molecule has 7 nitrogen and oxygen atoms in total. The van der Waals surface area contributed by atoms with Crippen molar-refractivity contribution in [3.05, 3.63) is 40.6 Å². The molecule has 2 aromatic rings. The molecule has 2 rings (SSSR count). The maximum atomic E-state index is 11.0. The predicted molar refractivity (Wildman–Crippen MR) is 74.6 cm³/mol. The molecule has 20 heavy (non-hydrogen) atoms. The highest BCUT2D eigenvalue weighted by Crippen LogP contribution is 2.29. The summed E-state index contributed by atoms with van der Waals surface area (Å²) in [6.45, 7) is 1.20. The molecule has 0 saturated heterocycles. The number of aliphatic hydroxyl groups is 2. The lowest BCUT2D eigenvalue weighted by Crippen LogP contribution is -2.37. The van der Waals surface area contributed by atoms with Crippen LogP contribution in [0.3, 0.4) is 0 Å². The van der Waals surface area contributed by atoms with Crippen molar-refractivity contribution in [2.45, 2.75) is 12.5 Å². The van der Waals surface area contributed by atoms with Crippen LogP contribution in [-0.4, -0.2) is 38.9 Å². The van der Waals surface area contributed by atoms with Crippen molar-refractivity contribution in [1.29, 1.82) is 0 Å². The van der Waals surface area contributed by atoms with E-state index in [0.717, 1.165) is 0 Å². The number of anilines is 1. The number of pyridine rings is 1. The summed E-state index contributed by atoms with van der Waals surface area (Å²) in [6, 6.07) is 6.18. The molecule has 1 heterocycles. The largest absolute Gasteiger partial charge is 0.393 e. The molecule has 0 bridgehead atoms. The van der Waals surface area contributed by atoms with Gasteiger partial charge in [-0.25, -0.2) is 0 Å². The number of nitro benzene ring substituents is 1. The second-order valence-corrected chi connectivity index (χ2v) is 4.80. The molecule has 7 heteroatoms. The van der Waals surface area contributed by atoms with Gasteiger partial charge in [-0.05, 0) is 25.1 Å². The summed E-state index contributed by atoms with van der Waals surface area (Å²) < 4.78 is 0. The van der Waals surface area contributed by atoms with Gasteiger partial charge in [0.25, 0.3) is 5.69 Å². The van der Waals surface area contributed by atoms with Gasteiger partial charge in [0.05, 0.1) is 22.6 Å². The molecule has 1 unspecified atom stereocenters. The minimum atomic E-state index is -1.27. The van der Waals surface area contributed by atoms with Gasteiger partial charge in [0, 0.05) is 18.8 Å². The fourth-order valence-electron chi connectivity index (χ4n) is 1.80. The summed E-state index contributed by atoms with van der Waals surface area (Å²) in [7, 11) is 0. The number of benzene rings is 1. The molecule has 1 aromatic carbocycles. The van der Waals surface area contributed by atoms with Gasteiger partial charge in [-0.1, -0.05) is 0 Å². The van der Waals surface area contributed by atoms with Crippen molar-refractivity contribution in [2.75, 3.05) is 18.5 Å². The molecular formula is C13H15N3O4. The van der Waals surface area contributed by atoms with Gasteiger partial charge >= 0.3 is 0 Å². The monoisotopic (exact) mass is 277 g/mol. The molecule has 3 N–H and O–H groups in total. The molecule has 106 valence electrons. The third-order valence-electron chi connectivity index (χ3n) is 2.94. The molecule has 0 aliphatic heterocycles. The highest BCUT2D eigenvalue weighted by molar-refractivity contribution is 5.96. The van der Waals surface area contributed by atoms with E-state index in [1.54, 1.807) is 24.4 Å². The van der Waals surface area contributed by atoms with Crippen LogP contribution in [0.5, 0.6) is 0 Å². The number of aromatic nitrogens is 1. The number of nitrogens with zero attached hydrogens (tertiary/aromatic N) is 2. The van der Waals surface area contributed by atoms with E-state index >= 15 is 0 Å². The minimum absolute atomic E-state index is 0.0208. The van der Waals surface area contributed by atoms with Crippen LogP contribution in [0.15, 0.2) is 30.5 Å². The molecule has 0 amide bonds. The lowest BCUT2D eigenvalue weighted by atomic mass is 10.1. The Hall–Kier alpha value is -2.25. The Morgan fingerprint density at radius 3 is 2.85 bits per heavy atom. The third-order valence-corrected chi connectivity index (χ3v) is 2.94. The van der Waals surface area contributed by atoms with E-state index in [0.29, 0.717) is 16.6 Å². The zero-order valence-corrected chi connectivity index (χ0v) is 10.9. The molecule has 0 radical (unpaired) electrons. The van der Waals surface area contributed by atoms with Crippen molar-refractivity contribution in [1.82, 2.24) is 4.98 Å². The number of hydrogen-bond donors (Lipinski definition) is 3. The Morgan fingerprint density at radius 2 is 2.20 bits per heavy atom. The summed E-state index contributed by atoms with van der Waals surface area (Å²) >= 11 is 0. The molecule has 1 aromatic heterocycles. The van der Waals surface area contributed by atoms with Gasteiger partial charge in [0.2, 0.25) is 0 Å². The zero-order chi connectivity index (χ0) is 14.8.